The van der Waals surface area contributed by atoms with Crippen LogP contribution in [0.1, 0.15) is 168 Å². The number of aromatic amines is 2. The minimum atomic E-state index is -0.878. The van der Waals surface area contributed by atoms with Crippen molar-refractivity contribution >= 4 is 35.4 Å². The Kier molecular flexibility index (Phi) is 17.0. The standard InChI is InChI=1S/C32H38N8O3.C30H33N9O3.C3H6/c1-33-29(42)22-7-9-24-19(13-22)5-6-20-14-23(30(43)34-2)8-10-25(20)32(24,31-36-38-39-37-31)16-26(18-3-4-18)35-17-28(41)40-12-11-21-15-27(21)40;1-32-27(41)19-5-7-23-17(11-19)3-4-18-12-20(28(42)33-2)6-8-24(18)30(23,29-35-37-38-36-29)9-10-34-16-26(40)39-22(15-31)13-21-14-25(21)39;1-2-3-1/h7-10,13-14,18,21,26-27,35H,3-6,11-12,15-17H2,1-2H3,(H,33,42)(H,34,43)(H,36,37,38,39);5-8,11-12,21-22,25,34H,3-4,9-10,13-14,16H2,1-2H3,(H,32,41)(H,33,42)(H,35,36,37,38);1-3H2/t21-,26-,27+;21-,22+,25+;/m11./s1. The van der Waals surface area contributed by atoms with Crippen LogP contribution in [0.5, 0.6) is 0 Å². The Morgan fingerprint density at radius 3 is 1.45 bits per heavy atom. The number of likely N-dealkylation sites (tertiary alicyclic amines) is 2. The zero-order valence-electron chi connectivity index (χ0n) is 50.4. The summed E-state index contributed by atoms with van der Waals surface area (Å²) in [5, 5.41) is 58.7. The molecule has 14 rings (SSSR count). The first-order valence-corrected chi connectivity index (χ1v) is 31.2. The zero-order chi connectivity index (χ0) is 61.3. The monoisotopic (exact) mass is 1190 g/mol. The molecule has 0 radical (unpaired) electrons. The number of benzene rings is 4. The van der Waals surface area contributed by atoms with Crippen LogP contribution < -0.4 is 31.9 Å². The number of tetrazole rings is 2. The number of aromatic nitrogens is 8. The normalized spacial score (nSPS) is 21.7. The van der Waals surface area contributed by atoms with Crippen molar-refractivity contribution < 1.29 is 28.8 Å². The predicted molar refractivity (Wildman–Crippen MR) is 324 cm³/mol. The molecular weight excluding hydrogens is 1110 g/mol. The molecule has 8 aliphatic rings. The van der Waals surface area contributed by atoms with Gasteiger partial charge in [-0.05, 0) is 194 Å². The van der Waals surface area contributed by atoms with Gasteiger partial charge in [0.1, 0.15) is 6.04 Å². The van der Waals surface area contributed by atoms with Crippen LogP contribution in [0.15, 0.2) is 72.8 Å². The van der Waals surface area contributed by atoms with Crippen molar-refractivity contribution in [2.75, 3.05) is 54.4 Å². The summed E-state index contributed by atoms with van der Waals surface area (Å²) >= 11 is 0. The Balaban J connectivity index is 0.000000163. The van der Waals surface area contributed by atoms with Crippen molar-refractivity contribution in [3.8, 4) is 6.07 Å². The minimum Gasteiger partial charge on any atom is -0.355 e. The summed E-state index contributed by atoms with van der Waals surface area (Å²) in [5.74, 6) is 2.05. The van der Waals surface area contributed by atoms with E-state index in [1.807, 2.05) is 60.7 Å². The average molecular weight is 1190 g/mol. The number of hydrogen-bond donors (Lipinski definition) is 8. The number of amides is 6. The molecule has 6 aromatic rings. The maximum Gasteiger partial charge on any atom is 0.251 e. The molecule has 0 bridgehead atoms. The first-order chi connectivity index (χ1) is 42.8. The number of carbonyl (C=O) groups is 6. The van der Waals surface area contributed by atoms with E-state index in [-0.39, 0.29) is 60.1 Å². The highest BCUT2D eigenvalue weighted by Crippen LogP contribution is 2.51. The molecule has 0 spiro atoms. The van der Waals surface area contributed by atoms with E-state index in [4.69, 9.17) is 0 Å². The van der Waals surface area contributed by atoms with E-state index in [1.165, 1.54) is 19.3 Å². The molecule has 0 unspecified atom stereocenters. The summed E-state index contributed by atoms with van der Waals surface area (Å²) in [6, 6.07) is 25.6. The Bertz CT molecular complexity index is 3530. The Hall–Kier alpha value is -8.75. The van der Waals surface area contributed by atoms with Crippen molar-refractivity contribution in [2.24, 2.45) is 17.8 Å². The lowest BCUT2D eigenvalue weighted by Crippen LogP contribution is -2.46. The van der Waals surface area contributed by atoms with E-state index in [1.54, 1.807) is 45.2 Å². The summed E-state index contributed by atoms with van der Waals surface area (Å²) in [7, 11) is 6.47. The van der Waals surface area contributed by atoms with Crippen LogP contribution in [-0.2, 0) is 46.1 Å². The first-order valence-electron chi connectivity index (χ1n) is 31.2. The number of hydrogen-bond acceptors (Lipinski definition) is 15. The van der Waals surface area contributed by atoms with E-state index < -0.39 is 10.8 Å². The molecule has 4 aromatic carbocycles. The highest BCUT2D eigenvalue weighted by molar-refractivity contribution is 5.96. The lowest BCUT2D eigenvalue weighted by molar-refractivity contribution is -0.131. The molecule has 8 N–H and O–H groups in total. The van der Waals surface area contributed by atoms with Gasteiger partial charge in [-0.1, -0.05) is 54.0 Å². The fourth-order valence-electron chi connectivity index (χ4n) is 14.4. The molecular formula is C65H77N17O6. The Labute approximate surface area is 511 Å². The maximum atomic E-state index is 13.3. The highest BCUT2D eigenvalue weighted by Gasteiger charge is 2.55. The molecule has 4 heterocycles. The topological polar surface area (TPSA) is 314 Å². The molecule has 23 heteroatoms. The number of fused-ring (bicyclic) bond motifs is 6. The van der Waals surface area contributed by atoms with Gasteiger partial charge < -0.3 is 41.7 Å². The third kappa shape index (κ3) is 11.7. The third-order valence-electron chi connectivity index (χ3n) is 19.4. The van der Waals surface area contributed by atoms with E-state index in [9.17, 15) is 34.0 Å². The minimum absolute atomic E-state index is 0.0242. The van der Waals surface area contributed by atoms with Crippen LogP contribution in [0.4, 0.5) is 0 Å². The first kappa shape index (κ1) is 59.6. The van der Waals surface area contributed by atoms with E-state index >= 15 is 0 Å². The lowest BCUT2D eigenvalue weighted by Gasteiger charge is -2.37. The number of nitrogens with one attached hydrogen (secondary N) is 8. The third-order valence-corrected chi connectivity index (χ3v) is 19.4. The SMILES string of the molecule is C1CC1.CNC(=O)c1ccc2c(c1)CCc1cc(C(=O)NC)ccc1C2(CCNCC(=O)N1[C@H](C#N)C[C@@H]2C[C@@H]21)c1nn[nH]n1.CNC(=O)c1ccc2c(c1)CCc1cc(C(=O)NC)ccc1C2(C[C@@H](NCC(=O)N1CC[C@@H]2C[C@@H]21)C1CC1)c1nn[nH]n1. The van der Waals surface area contributed by atoms with Crippen LogP contribution in [-0.4, -0.2) is 165 Å². The van der Waals surface area contributed by atoms with Crippen LogP contribution >= 0.6 is 0 Å². The van der Waals surface area contributed by atoms with E-state index in [2.05, 4.69) is 84.1 Å². The average Bonchev–Trinajstić information content (AvgIpc) is 1.07. The Morgan fingerprint density at radius 1 is 0.591 bits per heavy atom. The molecule has 2 aromatic heterocycles. The van der Waals surface area contributed by atoms with Gasteiger partial charge >= 0.3 is 0 Å². The van der Waals surface area contributed by atoms with Gasteiger partial charge in [0.25, 0.3) is 23.6 Å². The van der Waals surface area contributed by atoms with Crippen LogP contribution in [0.2, 0.25) is 0 Å². The van der Waals surface area contributed by atoms with Crippen molar-refractivity contribution in [3.63, 3.8) is 0 Å². The number of carbonyl (C=O) groups excluding carboxylic acids is 6. The second kappa shape index (κ2) is 25.2. The van der Waals surface area contributed by atoms with Crippen LogP contribution in [0.3, 0.4) is 0 Å². The van der Waals surface area contributed by atoms with Gasteiger partial charge in [0.2, 0.25) is 11.8 Å². The van der Waals surface area contributed by atoms with Gasteiger partial charge in [0, 0.05) is 75.1 Å². The fourth-order valence-corrected chi connectivity index (χ4v) is 14.4. The van der Waals surface area contributed by atoms with Crippen molar-refractivity contribution in [1.82, 2.24) is 82.9 Å². The van der Waals surface area contributed by atoms with Gasteiger partial charge in [0.05, 0.1) is 30.0 Å². The van der Waals surface area contributed by atoms with Crippen LogP contribution in [0.25, 0.3) is 0 Å². The van der Waals surface area contributed by atoms with Crippen molar-refractivity contribution in [3.05, 3.63) is 151 Å². The number of rotatable bonds is 17. The number of nitriles is 1. The number of aryl methyl sites for hydroxylation is 4. The van der Waals surface area contributed by atoms with Gasteiger partial charge in [-0.25, -0.2) is 0 Å². The molecule has 6 aliphatic carbocycles. The molecule has 23 nitrogen and oxygen atoms in total. The smallest absolute Gasteiger partial charge is 0.251 e. The lowest BCUT2D eigenvalue weighted by atomic mass is 9.67. The molecule has 2 aliphatic heterocycles. The molecule has 6 fully saturated rings. The van der Waals surface area contributed by atoms with Gasteiger partial charge in [-0.2, -0.15) is 15.7 Å². The number of H-pyrrole nitrogens is 2. The quantitative estimate of drug-likeness (QED) is 0.0604. The maximum absolute atomic E-state index is 13.3. The Morgan fingerprint density at radius 2 is 1.06 bits per heavy atom. The molecule has 6 atom stereocenters. The molecule has 6 amide bonds. The number of nitrogens with zero attached hydrogens (tertiary/aromatic N) is 9. The summed E-state index contributed by atoms with van der Waals surface area (Å²) in [6.45, 7) is 1.72. The number of piperidine rings is 2. The van der Waals surface area contributed by atoms with Crippen molar-refractivity contribution in [2.45, 2.75) is 131 Å². The molecule has 458 valence electrons. The molecule has 4 saturated carbocycles. The predicted octanol–water partition coefficient (Wildman–Crippen LogP) is 3.75. The zero-order valence-corrected chi connectivity index (χ0v) is 50.4. The second-order valence-electron chi connectivity index (χ2n) is 24.8. The second-order valence-corrected chi connectivity index (χ2v) is 24.8. The van der Waals surface area contributed by atoms with E-state index in [0.29, 0.717) is 109 Å². The highest BCUT2D eigenvalue weighted by atomic mass is 16.2. The molecule has 88 heavy (non-hydrogen) atoms. The van der Waals surface area contributed by atoms with Crippen LogP contribution in [0, 0.1) is 29.1 Å². The van der Waals surface area contributed by atoms with Gasteiger partial charge in [0.15, 0.2) is 11.6 Å². The summed E-state index contributed by atoms with van der Waals surface area (Å²) < 4.78 is 0. The largest absolute Gasteiger partial charge is 0.355 e. The van der Waals surface area contributed by atoms with Gasteiger partial charge in [-0.3, -0.25) is 28.8 Å². The molecule has 2 saturated heterocycles. The van der Waals surface area contributed by atoms with E-state index in [0.717, 1.165) is 89.6 Å². The summed E-state index contributed by atoms with van der Waals surface area (Å²) in [4.78, 5) is 80.6. The van der Waals surface area contributed by atoms with Crippen molar-refractivity contribution in [1.29, 1.82) is 5.26 Å². The van der Waals surface area contributed by atoms with Gasteiger partial charge in [-0.15, -0.1) is 20.4 Å². The fraction of sp³-hybridized carbons (Fsp3) is 0.492. The summed E-state index contributed by atoms with van der Waals surface area (Å²) in [6.07, 6.45) is 14.4. The summed E-state index contributed by atoms with van der Waals surface area (Å²) in [5.41, 5.74) is 8.53.